The first kappa shape index (κ1) is 14.5. The van der Waals surface area contributed by atoms with Gasteiger partial charge in [-0.25, -0.2) is 4.98 Å². The molecule has 96 valence electrons. The average molecular weight is 273 g/mol. The molecule has 0 aromatic carbocycles. The highest BCUT2D eigenvalue weighted by atomic mass is 32.2. The summed E-state index contributed by atoms with van der Waals surface area (Å²) in [6, 6.07) is 0. The van der Waals surface area contributed by atoms with Crippen LogP contribution in [0.15, 0.2) is 5.51 Å². The van der Waals surface area contributed by atoms with Crippen LogP contribution in [0.4, 0.5) is 0 Å². The zero-order valence-electron chi connectivity index (χ0n) is 10.6. The Labute approximate surface area is 111 Å². The number of unbranched alkanes of at least 4 members (excludes halogenated alkanes) is 1. The highest BCUT2D eigenvalue weighted by molar-refractivity contribution is 8.00. The molecule has 0 amide bonds. The summed E-state index contributed by atoms with van der Waals surface area (Å²) >= 11 is 3.19. The number of ether oxygens (including phenoxy) is 1. The third-order valence-electron chi connectivity index (χ3n) is 2.39. The van der Waals surface area contributed by atoms with Crippen molar-refractivity contribution >= 4 is 29.1 Å². The Morgan fingerprint density at radius 3 is 3.00 bits per heavy atom. The molecule has 1 rings (SSSR count). The van der Waals surface area contributed by atoms with Gasteiger partial charge in [-0.05, 0) is 26.0 Å². The van der Waals surface area contributed by atoms with E-state index in [2.05, 4.69) is 11.9 Å². The largest absolute Gasteiger partial charge is 0.459 e. The molecular formula is C12H19NO2S2. The maximum atomic E-state index is 11.7. The SMILES string of the molecule is CCCCS[C@H](C)C(=O)OCc1scnc1C. The van der Waals surface area contributed by atoms with Gasteiger partial charge in [0.25, 0.3) is 0 Å². The van der Waals surface area contributed by atoms with Gasteiger partial charge in [0.15, 0.2) is 0 Å². The Morgan fingerprint density at radius 1 is 1.65 bits per heavy atom. The van der Waals surface area contributed by atoms with Crippen molar-refractivity contribution in [2.75, 3.05) is 5.75 Å². The number of aromatic nitrogens is 1. The van der Waals surface area contributed by atoms with Crippen LogP contribution in [0, 0.1) is 6.92 Å². The van der Waals surface area contributed by atoms with Gasteiger partial charge in [-0.1, -0.05) is 13.3 Å². The van der Waals surface area contributed by atoms with Crippen LogP contribution >= 0.6 is 23.1 Å². The fourth-order valence-electron chi connectivity index (χ4n) is 1.19. The van der Waals surface area contributed by atoms with Crippen LogP contribution in [0.3, 0.4) is 0 Å². The molecule has 0 unspecified atom stereocenters. The first-order valence-corrected chi connectivity index (χ1v) is 7.75. The summed E-state index contributed by atoms with van der Waals surface area (Å²) in [5.41, 5.74) is 2.73. The Hall–Kier alpha value is -0.550. The van der Waals surface area contributed by atoms with Gasteiger partial charge in [-0.3, -0.25) is 4.79 Å². The summed E-state index contributed by atoms with van der Waals surface area (Å²) in [5, 5.41) is -0.0743. The number of carbonyl (C=O) groups excluding carboxylic acids is 1. The number of carbonyl (C=O) groups is 1. The quantitative estimate of drug-likeness (QED) is 0.564. The van der Waals surface area contributed by atoms with Crippen LogP contribution in [-0.2, 0) is 16.1 Å². The molecule has 3 nitrogen and oxygen atoms in total. The third-order valence-corrected chi connectivity index (χ3v) is 4.51. The minimum absolute atomic E-state index is 0.0743. The third kappa shape index (κ3) is 5.08. The summed E-state index contributed by atoms with van der Waals surface area (Å²) in [6.07, 6.45) is 2.31. The van der Waals surface area contributed by atoms with Gasteiger partial charge in [-0.2, -0.15) is 0 Å². The Balaban J connectivity index is 2.27. The molecule has 0 N–H and O–H groups in total. The number of esters is 1. The average Bonchev–Trinajstić information content (AvgIpc) is 2.72. The van der Waals surface area contributed by atoms with Crippen LogP contribution in [0.25, 0.3) is 0 Å². The summed E-state index contributed by atoms with van der Waals surface area (Å²) in [4.78, 5) is 16.8. The molecule has 1 heterocycles. The number of nitrogens with zero attached hydrogens (tertiary/aromatic N) is 1. The smallest absolute Gasteiger partial charge is 0.319 e. The van der Waals surface area contributed by atoms with Gasteiger partial charge >= 0.3 is 5.97 Å². The van der Waals surface area contributed by atoms with Crippen molar-refractivity contribution < 1.29 is 9.53 Å². The van der Waals surface area contributed by atoms with E-state index in [0.29, 0.717) is 6.61 Å². The van der Waals surface area contributed by atoms with Crippen molar-refractivity contribution in [3.05, 3.63) is 16.1 Å². The molecule has 0 aliphatic carbocycles. The van der Waals surface area contributed by atoms with Crippen molar-refractivity contribution in [1.82, 2.24) is 4.98 Å². The second-order valence-electron chi connectivity index (χ2n) is 3.84. The number of rotatable bonds is 7. The van der Waals surface area contributed by atoms with Crippen molar-refractivity contribution in [3.63, 3.8) is 0 Å². The van der Waals surface area contributed by atoms with E-state index in [1.165, 1.54) is 11.3 Å². The van der Waals surface area contributed by atoms with E-state index in [1.54, 1.807) is 17.3 Å². The standard InChI is InChI=1S/C12H19NO2S2/c1-4-5-6-16-10(3)12(14)15-7-11-9(2)13-8-17-11/h8,10H,4-7H2,1-3H3/t10-/m1/s1. The lowest BCUT2D eigenvalue weighted by Gasteiger charge is -2.10. The second-order valence-corrected chi connectivity index (χ2v) is 6.22. The Kier molecular flexibility index (Phi) is 6.58. The van der Waals surface area contributed by atoms with E-state index in [0.717, 1.165) is 29.2 Å². The van der Waals surface area contributed by atoms with E-state index in [9.17, 15) is 4.79 Å². The van der Waals surface area contributed by atoms with Gasteiger partial charge in [0.2, 0.25) is 0 Å². The van der Waals surface area contributed by atoms with Crippen molar-refractivity contribution in [1.29, 1.82) is 0 Å². The Morgan fingerprint density at radius 2 is 2.41 bits per heavy atom. The molecule has 0 bridgehead atoms. The molecule has 17 heavy (non-hydrogen) atoms. The van der Waals surface area contributed by atoms with E-state index in [1.807, 2.05) is 13.8 Å². The van der Waals surface area contributed by atoms with E-state index < -0.39 is 0 Å². The molecule has 0 spiro atoms. The number of thioether (sulfide) groups is 1. The summed E-state index contributed by atoms with van der Waals surface area (Å²) < 4.78 is 5.27. The molecule has 1 atom stereocenters. The first-order chi connectivity index (χ1) is 8.15. The predicted molar refractivity (Wildman–Crippen MR) is 73.5 cm³/mol. The van der Waals surface area contributed by atoms with Crippen LogP contribution in [0.5, 0.6) is 0 Å². The van der Waals surface area contributed by atoms with Crippen molar-refractivity contribution in [3.8, 4) is 0 Å². The Bertz CT molecular complexity index is 352. The van der Waals surface area contributed by atoms with Gasteiger partial charge in [-0.15, -0.1) is 23.1 Å². The second kappa shape index (κ2) is 7.71. The maximum Gasteiger partial charge on any atom is 0.319 e. The monoisotopic (exact) mass is 273 g/mol. The molecule has 0 saturated heterocycles. The predicted octanol–water partition coefficient (Wildman–Crippen LogP) is 3.42. The lowest BCUT2D eigenvalue weighted by molar-refractivity contribution is -0.143. The van der Waals surface area contributed by atoms with E-state index in [4.69, 9.17) is 4.74 Å². The van der Waals surface area contributed by atoms with Crippen molar-refractivity contribution in [2.24, 2.45) is 0 Å². The van der Waals surface area contributed by atoms with Gasteiger partial charge < -0.3 is 4.74 Å². The van der Waals surface area contributed by atoms with Crippen LogP contribution in [-0.4, -0.2) is 22.0 Å². The molecule has 5 heteroatoms. The van der Waals surface area contributed by atoms with Gasteiger partial charge in [0.05, 0.1) is 21.3 Å². The molecule has 0 aliphatic rings. The van der Waals surface area contributed by atoms with E-state index >= 15 is 0 Å². The zero-order chi connectivity index (χ0) is 12.7. The van der Waals surface area contributed by atoms with Crippen LogP contribution < -0.4 is 0 Å². The maximum absolute atomic E-state index is 11.7. The summed E-state index contributed by atoms with van der Waals surface area (Å²) in [7, 11) is 0. The molecule has 0 radical (unpaired) electrons. The topological polar surface area (TPSA) is 39.2 Å². The highest BCUT2D eigenvalue weighted by Crippen LogP contribution is 2.17. The number of hydrogen-bond acceptors (Lipinski definition) is 5. The van der Waals surface area contributed by atoms with Gasteiger partial charge in [0, 0.05) is 0 Å². The lowest BCUT2D eigenvalue weighted by atomic mass is 10.4. The van der Waals surface area contributed by atoms with E-state index in [-0.39, 0.29) is 11.2 Å². The summed E-state index contributed by atoms with van der Waals surface area (Å²) in [6.45, 7) is 6.34. The molecule has 0 saturated carbocycles. The number of hydrogen-bond donors (Lipinski definition) is 0. The molecule has 0 aliphatic heterocycles. The van der Waals surface area contributed by atoms with Gasteiger partial charge in [0.1, 0.15) is 6.61 Å². The fourth-order valence-corrected chi connectivity index (χ4v) is 2.89. The molecular weight excluding hydrogens is 254 g/mol. The minimum Gasteiger partial charge on any atom is -0.459 e. The highest BCUT2D eigenvalue weighted by Gasteiger charge is 2.15. The number of aryl methyl sites for hydroxylation is 1. The van der Waals surface area contributed by atoms with Crippen LogP contribution in [0.2, 0.25) is 0 Å². The van der Waals surface area contributed by atoms with Crippen molar-refractivity contribution in [2.45, 2.75) is 45.5 Å². The lowest BCUT2D eigenvalue weighted by Crippen LogP contribution is -2.17. The number of thiazole rings is 1. The minimum atomic E-state index is -0.126. The normalized spacial score (nSPS) is 12.4. The molecule has 1 aromatic rings. The zero-order valence-corrected chi connectivity index (χ0v) is 12.2. The summed E-state index contributed by atoms with van der Waals surface area (Å²) in [5.74, 6) is 0.894. The molecule has 0 fully saturated rings. The first-order valence-electron chi connectivity index (χ1n) is 5.82. The fraction of sp³-hybridized carbons (Fsp3) is 0.667. The molecule has 1 aromatic heterocycles. The van der Waals surface area contributed by atoms with Crippen LogP contribution in [0.1, 0.15) is 37.3 Å².